The predicted molar refractivity (Wildman–Crippen MR) is 124 cm³/mol. The fourth-order valence-corrected chi connectivity index (χ4v) is 5.26. The third-order valence-corrected chi connectivity index (χ3v) is 7.06. The first-order valence-corrected chi connectivity index (χ1v) is 11.9. The Balaban J connectivity index is 1.40. The van der Waals surface area contributed by atoms with Crippen molar-refractivity contribution in [1.29, 1.82) is 0 Å². The Morgan fingerprint density at radius 3 is 2.77 bits per heavy atom. The molecule has 0 saturated carbocycles. The van der Waals surface area contributed by atoms with E-state index in [0.29, 0.717) is 23.7 Å². The van der Waals surface area contributed by atoms with Gasteiger partial charge in [-0.05, 0) is 36.9 Å². The molecule has 1 unspecified atom stereocenters. The maximum atomic E-state index is 13.1. The minimum absolute atomic E-state index is 0.0160. The summed E-state index contributed by atoms with van der Waals surface area (Å²) in [6.45, 7) is 1.78. The zero-order valence-corrected chi connectivity index (χ0v) is 18.4. The molecule has 1 fully saturated rings. The highest BCUT2D eigenvalue weighted by Crippen LogP contribution is 2.28. The number of anilines is 1. The highest BCUT2D eigenvalue weighted by atomic mass is 32.1. The first-order chi connectivity index (χ1) is 15.2. The molecule has 158 valence electrons. The van der Waals surface area contributed by atoms with E-state index < -0.39 is 0 Å². The fraction of sp³-hybridized carbons (Fsp3) is 0.273. The highest BCUT2D eigenvalue weighted by molar-refractivity contribution is 7.14. The summed E-state index contributed by atoms with van der Waals surface area (Å²) >= 11 is 3.02. The fourth-order valence-electron chi connectivity index (χ4n) is 4.01. The lowest BCUT2D eigenvalue weighted by molar-refractivity contribution is -0.121. The summed E-state index contributed by atoms with van der Waals surface area (Å²) in [5.41, 5.74) is 0.713. The maximum absolute atomic E-state index is 13.1. The Morgan fingerprint density at radius 1 is 1.13 bits per heavy atom. The average molecular weight is 452 g/mol. The van der Waals surface area contributed by atoms with E-state index in [1.807, 2.05) is 47.2 Å². The third-order valence-electron chi connectivity index (χ3n) is 5.50. The van der Waals surface area contributed by atoms with Crippen LogP contribution < -0.4 is 10.9 Å². The van der Waals surface area contributed by atoms with Crippen molar-refractivity contribution < 1.29 is 4.79 Å². The van der Waals surface area contributed by atoms with E-state index in [1.54, 1.807) is 22.2 Å². The van der Waals surface area contributed by atoms with Crippen molar-refractivity contribution in [3.63, 3.8) is 0 Å². The smallest absolute Gasteiger partial charge is 0.275 e. The number of hydrogen-bond acceptors (Lipinski definition) is 7. The number of nitrogens with one attached hydrogen (secondary N) is 1. The number of fused-ring (bicyclic) bond motifs is 1. The van der Waals surface area contributed by atoms with Crippen molar-refractivity contribution >= 4 is 44.5 Å². The van der Waals surface area contributed by atoms with Gasteiger partial charge < -0.3 is 5.32 Å². The lowest BCUT2D eigenvalue weighted by Gasteiger charge is -2.31. The van der Waals surface area contributed by atoms with Gasteiger partial charge in [-0.15, -0.1) is 22.7 Å². The van der Waals surface area contributed by atoms with Crippen LogP contribution in [0.2, 0.25) is 0 Å². The van der Waals surface area contributed by atoms with Gasteiger partial charge >= 0.3 is 0 Å². The van der Waals surface area contributed by atoms with Crippen LogP contribution in [0.4, 0.5) is 5.13 Å². The zero-order chi connectivity index (χ0) is 21.2. The monoisotopic (exact) mass is 451 g/mol. The third kappa shape index (κ3) is 4.16. The normalized spacial score (nSPS) is 17.1. The van der Waals surface area contributed by atoms with Crippen molar-refractivity contribution in [2.75, 3.05) is 18.4 Å². The number of rotatable bonds is 5. The Kier molecular flexibility index (Phi) is 5.63. The Labute approximate surface area is 187 Å². The number of thiazole rings is 1. The number of likely N-dealkylation sites (tertiary alicyclic amines) is 1. The van der Waals surface area contributed by atoms with Crippen molar-refractivity contribution in [3.05, 3.63) is 63.7 Å². The second kappa shape index (κ2) is 8.70. The molecule has 1 amide bonds. The maximum Gasteiger partial charge on any atom is 0.275 e. The minimum atomic E-state index is -0.134. The van der Waals surface area contributed by atoms with Crippen LogP contribution in [0, 0.1) is 5.92 Å². The van der Waals surface area contributed by atoms with Gasteiger partial charge in [0.25, 0.3) is 5.56 Å². The molecule has 4 aromatic rings. The number of thiophene rings is 1. The van der Waals surface area contributed by atoms with Crippen LogP contribution in [0.1, 0.15) is 12.8 Å². The van der Waals surface area contributed by atoms with E-state index in [0.717, 1.165) is 35.3 Å². The van der Waals surface area contributed by atoms with Crippen LogP contribution >= 0.6 is 22.7 Å². The molecule has 1 aliphatic rings. The molecule has 0 radical (unpaired) electrons. The van der Waals surface area contributed by atoms with Crippen molar-refractivity contribution in [2.24, 2.45) is 5.92 Å². The second-order valence-corrected chi connectivity index (χ2v) is 9.40. The summed E-state index contributed by atoms with van der Waals surface area (Å²) in [4.78, 5) is 33.1. The van der Waals surface area contributed by atoms with Crippen molar-refractivity contribution in [2.45, 2.75) is 19.5 Å². The van der Waals surface area contributed by atoms with Gasteiger partial charge in [0.1, 0.15) is 5.69 Å². The molecule has 1 aliphatic heterocycles. The van der Waals surface area contributed by atoms with Crippen LogP contribution in [-0.2, 0) is 11.5 Å². The Hall–Kier alpha value is -2.88. The topological polar surface area (TPSA) is 80.1 Å². The van der Waals surface area contributed by atoms with E-state index in [2.05, 4.69) is 15.2 Å². The molecule has 7 nitrogen and oxygen atoms in total. The molecule has 5 rings (SSSR count). The molecule has 1 saturated heterocycles. The van der Waals surface area contributed by atoms with E-state index in [1.165, 1.54) is 11.3 Å². The first kappa shape index (κ1) is 20.0. The molecular weight excluding hydrogens is 430 g/mol. The number of carbonyl (C=O) groups is 1. The summed E-state index contributed by atoms with van der Waals surface area (Å²) in [6.07, 6.45) is 3.40. The van der Waals surface area contributed by atoms with Gasteiger partial charge in [-0.2, -0.15) is 5.10 Å². The molecule has 31 heavy (non-hydrogen) atoms. The van der Waals surface area contributed by atoms with Crippen LogP contribution in [0.3, 0.4) is 0 Å². The highest BCUT2D eigenvalue weighted by Gasteiger charge is 2.27. The number of aromatic nitrogens is 3. The van der Waals surface area contributed by atoms with Gasteiger partial charge in [-0.3, -0.25) is 14.5 Å². The largest absolute Gasteiger partial charge is 0.302 e. The van der Waals surface area contributed by atoms with Gasteiger partial charge in [0.15, 0.2) is 5.13 Å². The zero-order valence-electron chi connectivity index (χ0n) is 16.7. The minimum Gasteiger partial charge on any atom is -0.302 e. The summed E-state index contributed by atoms with van der Waals surface area (Å²) in [5, 5.41) is 13.6. The van der Waals surface area contributed by atoms with Crippen molar-refractivity contribution in [3.8, 4) is 10.6 Å². The van der Waals surface area contributed by atoms with Gasteiger partial charge in [0.2, 0.25) is 5.91 Å². The number of benzene rings is 1. The molecule has 0 aliphatic carbocycles. The quantitative estimate of drug-likeness (QED) is 0.498. The van der Waals surface area contributed by atoms with E-state index in [-0.39, 0.29) is 17.4 Å². The van der Waals surface area contributed by atoms with Gasteiger partial charge in [0.05, 0.1) is 22.8 Å². The number of piperidine rings is 1. The number of amides is 1. The number of hydrogen-bond donors (Lipinski definition) is 1. The lowest BCUT2D eigenvalue weighted by Crippen LogP contribution is -2.43. The summed E-state index contributed by atoms with van der Waals surface area (Å²) in [6, 6.07) is 11.6. The van der Waals surface area contributed by atoms with Crippen LogP contribution in [0.15, 0.2) is 58.1 Å². The second-order valence-electron chi connectivity index (χ2n) is 7.56. The summed E-state index contributed by atoms with van der Waals surface area (Å²) in [7, 11) is 0. The van der Waals surface area contributed by atoms with E-state index in [9.17, 15) is 9.59 Å². The molecule has 1 N–H and O–H groups in total. The Bertz CT molecular complexity index is 1250. The number of carbonyl (C=O) groups excluding carboxylic acids is 1. The Morgan fingerprint density at radius 2 is 2.00 bits per heavy atom. The molecule has 1 aromatic carbocycles. The molecule has 4 heterocycles. The first-order valence-electron chi connectivity index (χ1n) is 10.2. The number of nitrogens with zero attached hydrogens (tertiary/aromatic N) is 4. The summed E-state index contributed by atoms with van der Waals surface area (Å²) in [5.74, 6) is -0.150. The SMILES string of the molecule is O=C(Nc1nccs1)C1CCCN(Cn2nc(-c3cccs3)c3ccccc3c2=O)C1. The van der Waals surface area contributed by atoms with Gasteiger partial charge in [-0.1, -0.05) is 24.3 Å². The molecule has 0 bridgehead atoms. The van der Waals surface area contributed by atoms with E-state index >= 15 is 0 Å². The molecule has 3 aromatic heterocycles. The van der Waals surface area contributed by atoms with Gasteiger partial charge in [-0.25, -0.2) is 9.67 Å². The van der Waals surface area contributed by atoms with Crippen LogP contribution in [-0.4, -0.2) is 38.7 Å². The van der Waals surface area contributed by atoms with Crippen LogP contribution in [0.5, 0.6) is 0 Å². The molecule has 1 atom stereocenters. The predicted octanol–water partition coefficient (Wildman–Crippen LogP) is 3.89. The lowest BCUT2D eigenvalue weighted by atomic mass is 9.97. The average Bonchev–Trinajstić information content (AvgIpc) is 3.50. The summed E-state index contributed by atoms with van der Waals surface area (Å²) < 4.78 is 1.54. The van der Waals surface area contributed by atoms with E-state index in [4.69, 9.17) is 5.10 Å². The molecule has 9 heteroatoms. The van der Waals surface area contributed by atoms with Crippen molar-refractivity contribution in [1.82, 2.24) is 19.7 Å². The van der Waals surface area contributed by atoms with Gasteiger partial charge in [0, 0.05) is 23.5 Å². The molecule has 0 spiro atoms. The molecular formula is C22H21N5O2S2. The van der Waals surface area contributed by atoms with Crippen LogP contribution in [0.25, 0.3) is 21.3 Å². The standard InChI is InChI=1S/C22H21N5O2S2/c28-20(24-22-23-9-12-31-22)15-5-3-10-26(13-15)14-27-21(29)17-7-2-1-6-16(17)19(25-27)18-8-4-11-30-18/h1-2,4,6-9,11-12,15H,3,5,10,13-14H2,(H,23,24,28).